The lowest BCUT2D eigenvalue weighted by atomic mass is 9.71. The summed E-state index contributed by atoms with van der Waals surface area (Å²) in [6.45, 7) is 0.105. The van der Waals surface area contributed by atoms with Crippen LogP contribution in [0.3, 0.4) is 0 Å². The average Bonchev–Trinajstić information content (AvgIpc) is 3.13. The minimum Gasteiger partial charge on any atom is -0.456 e. The second-order valence-electron chi connectivity index (χ2n) is 8.67. The van der Waals surface area contributed by atoms with Gasteiger partial charge in [-0.05, 0) is 37.5 Å². The van der Waals surface area contributed by atoms with Crippen molar-refractivity contribution >= 4 is 29.5 Å². The van der Waals surface area contributed by atoms with Crippen LogP contribution < -0.4 is 15.8 Å². The molecule has 1 spiro atoms. The monoisotopic (exact) mass is 484 g/mol. The molecule has 4 rings (SSSR count). The van der Waals surface area contributed by atoms with Crippen molar-refractivity contribution in [2.24, 2.45) is 16.1 Å². The number of halogens is 2. The number of aromatic nitrogens is 2. The summed E-state index contributed by atoms with van der Waals surface area (Å²) in [5.74, 6) is -2.31. The molecular formula is C24H26F2N6O3. The fourth-order valence-electron chi connectivity index (χ4n) is 4.56. The molecule has 3 amide bonds. The summed E-state index contributed by atoms with van der Waals surface area (Å²) in [6.07, 6.45) is 6.13. The molecule has 3 N–H and O–H groups in total. The lowest BCUT2D eigenvalue weighted by Gasteiger charge is -2.36. The number of anilines is 1. The molecule has 184 valence electrons. The molecular weight excluding hydrogens is 458 g/mol. The van der Waals surface area contributed by atoms with Crippen molar-refractivity contribution in [1.82, 2.24) is 14.9 Å². The molecule has 2 fully saturated rings. The summed E-state index contributed by atoms with van der Waals surface area (Å²) < 4.78 is 33.7. The van der Waals surface area contributed by atoms with E-state index in [1.165, 1.54) is 18.5 Å². The minimum atomic E-state index is -2.88. The van der Waals surface area contributed by atoms with Gasteiger partial charge in [0, 0.05) is 56.7 Å². The predicted molar refractivity (Wildman–Crippen MR) is 126 cm³/mol. The lowest BCUT2D eigenvalue weighted by molar-refractivity contribution is -0.144. The number of nitrogens with one attached hydrogen (secondary N) is 1. The third-order valence-corrected chi connectivity index (χ3v) is 6.23. The number of alkyl halides is 2. The summed E-state index contributed by atoms with van der Waals surface area (Å²) in [7, 11) is 1.63. The van der Waals surface area contributed by atoms with Gasteiger partial charge in [0.1, 0.15) is 17.3 Å². The van der Waals surface area contributed by atoms with E-state index in [1.807, 2.05) is 0 Å². The van der Waals surface area contributed by atoms with E-state index in [1.54, 1.807) is 37.7 Å². The van der Waals surface area contributed by atoms with E-state index in [-0.39, 0.29) is 31.6 Å². The zero-order valence-corrected chi connectivity index (χ0v) is 19.2. The summed E-state index contributed by atoms with van der Waals surface area (Å²) in [5, 5.41) is 2.56. The number of pyridine rings is 2. The predicted octanol–water partition coefficient (Wildman–Crippen LogP) is 4.23. The van der Waals surface area contributed by atoms with Gasteiger partial charge in [0.15, 0.2) is 0 Å². The van der Waals surface area contributed by atoms with E-state index in [2.05, 4.69) is 20.3 Å². The highest BCUT2D eigenvalue weighted by molar-refractivity contribution is 6.08. The van der Waals surface area contributed by atoms with E-state index in [0.29, 0.717) is 29.2 Å². The number of carbonyl (C=O) groups is 2. The highest BCUT2D eigenvalue weighted by Crippen LogP contribution is 2.50. The van der Waals surface area contributed by atoms with Crippen LogP contribution in [0.5, 0.6) is 11.5 Å². The van der Waals surface area contributed by atoms with Crippen LogP contribution in [0.25, 0.3) is 5.57 Å². The number of likely N-dealkylation sites (tertiary alicyclic amines) is 1. The Hall–Kier alpha value is -3.89. The molecule has 35 heavy (non-hydrogen) atoms. The van der Waals surface area contributed by atoms with Gasteiger partial charge in [-0.3, -0.25) is 25.0 Å². The first-order chi connectivity index (χ1) is 16.7. The Morgan fingerprint density at radius 1 is 1.23 bits per heavy atom. The first-order valence-corrected chi connectivity index (χ1v) is 11.2. The molecule has 2 aromatic rings. The van der Waals surface area contributed by atoms with E-state index >= 15 is 0 Å². The molecule has 9 nitrogen and oxygen atoms in total. The maximum Gasteiger partial charge on any atom is 0.329 e. The number of hydrogen-bond donors (Lipinski definition) is 2. The Kier molecular flexibility index (Phi) is 6.77. The molecule has 0 radical (unpaired) electrons. The molecule has 1 unspecified atom stereocenters. The Morgan fingerprint density at radius 2 is 2.06 bits per heavy atom. The van der Waals surface area contributed by atoms with Crippen molar-refractivity contribution in [2.45, 2.75) is 38.0 Å². The molecule has 2 aromatic heterocycles. The van der Waals surface area contributed by atoms with Crippen molar-refractivity contribution in [2.75, 3.05) is 18.9 Å². The Bertz CT molecular complexity index is 1170. The van der Waals surface area contributed by atoms with Crippen LogP contribution in [0, 0.1) is 5.41 Å². The average molecular weight is 485 g/mol. The van der Waals surface area contributed by atoms with Gasteiger partial charge < -0.3 is 10.5 Å². The molecule has 1 aliphatic carbocycles. The first kappa shape index (κ1) is 24.2. The zero-order valence-electron chi connectivity index (χ0n) is 19.2. The van der Waals surface area contributed by atoms with Gasteiger partial charge >= 0.3 is 6.03 Å². The van der Waals surface area contributed by atoms with Gasteiger partial charge in [0.25, 0.3) is 0 Å². The standard InChI is InChI=1S/C24H26F2N6O3/c1-28-13-16(12-27)19-11-17(5-9-29-19)35-18-3-4-20(30-14-18)31-22(34)32-10-8-23(21(32)33)6-2-7-24(25,26)15-23/h3-5,9,11-14H,2,6-8,10,15,27H2,1H3,(H,30,31,34). The van der Waals surface area contributed by atoms with E-state index in [0.717, 1.165) is 4.90 Å². The molecule has 0 bridgehead atoms. The van der Waals surface area contributed by atoms with Crippen LogP contribution in [0.4, 0.5) is 19.4 Å². The number of ether oxygens (including phenoxy) is 1. The van der Waals surface area contributed by atoms with Crippen LogP contribution in [0.2, 0.25) is 0 Å². The number of nitrogens with two attached hydrogens (primary N) is 1. The van der Waals surface area contributed by atoms with Gasteiger partial charge in [0.2, 0.25) is 11.8 Å². The number of nitrogens with zero attached hydrogens (tertiary/aromatic N) is 4. The van der Waals surface area contributed by atoms with Gasteiger partial charge in [-0.2, -0.15) is 0 Å². The smallest absolute Gasteiger partial charge is 0.329 e. The number of amides is 3. The summed E-state index contributed by atoms with van der Waals surface area (Å²) in [5.41, 5.74) is 5.67. The van der Waals surface area contributed by atoms with Crippen LogP contribution in [0.1, 0.15) is 37.8 Å². The summed E-state index contributed by atoms with van der Waals surface area (Å²) in [6, 6.07) is 5.80. The van der Waals surface area contributed by atoms with Crippen molar-refractivity contribution < 1.29 is 23.1 Å². The number of imide groups is 1. The van der Waals surface area contributed by atoms with Crippen LogP contribution in [0.15, 0.2) is 47.9 Å². The van der Waals surface area contributed by atoms with Gasteiger partial charge in [-0.1, -0.05) is 0 Å². The van der Waals surface area contributed by atoms with Crippen molar-refractivity contribution in [3.05, 3.63) is 48.6 Å². The van der Waals surface area contributed by atoms with Gasteiger partial charge in [0.05, 0.1) is 17.3 Å². The minimum absolute atomic E-state index is 0.105. The molecule has 11 heteroatoms. The molecule has 1 saturated carbocycles. The molecule has 1 aliphatic heterocycles. The number of urea groups is 1. The second-order valence-corrected chi connectivity index (χ2v) is 8.67. The molecule has 0 aromatic carbocycles. The maximum atomic E-state index is 13.9. The Balaban J connectivity index is 1.39. The Labute approximate surface area is 201 Å². The molecule has 2 aliphatic rings. The van der Waals surface area contributed by atoms with E-state index in [4.69, 9.17) is 10.5 Å². The lowest BCUT2D eigenvalue weighted by Crippen LogP contribution is -2.44. The topological polar surface area (TPSA) is 123 Å². The van der Waals surface area contributed by atoms with E-state index in [9.17, 15) is 18.4 Å². The highest BCUT2D eigenvalue weighted by Gasteiger charge is 2.55. The van der Waals surface area contributed by atoms with Gasteiger partial charge in [-0.25, -0.2) is 18.6 Å². The highest BCUT2D eigenvalue weighted by atomic mass is 19.3. The SMILES string of the molecule is CN=CC(=CN)c1cc(Oc2ccc(NC(=O)N3CCC4(CCCC(F)(F)C4)C3=O)nc2)ccn1. The third-order valence-electron chi connectivity index (χ3n) is 6.23. The Morgan fingerprint density at radius 3 is 2.74 bits per heavy atom. The summed E-state index contributed by atoms with van der Waals surface area (Å²) in [4.78, 5) is 38.9. The maximum absolute atomic E-state index is 13.9. The zero-order chi connectivity index (χ0) is 25.1. The number of carbonyl (C=O) groups excluding carboxylic acids is 2. The van der Waals surface area contributed by atoms with Gasteiger partial charge in [-0.15, -0.1) is 0 Å². The molecule has 3 heterocycles. The quantitative estimate of drug-likeness (QED) is 0.613. The number of allylic oxidation sites excluding steroid dienone is 1. The van der Waals surface area contributed by atoms with Crippen LogP contribution >= 0.6 is 0 Å². The van der Waals surface area contributed by atoms with E-state index < -0.39 is 29.7 Å². The first-order valence-electron chi connectivity index (χ1n) is 11.2. The molecule has 1 saturated heterocycles. The van der Waals surface area contributed by atoms with Crippen molar-refractivity contribution in [3.63, 3.8) is 0 Å². The second kappa shape index (κ2) is 9.77. The molecule has 1 atom stereocenters. The number of aliphatic imine (C=N–C) groups is 1. The fraction of sp³-hybridized carbons (Fsp3) is 0.375. The summed E-state index contributed by atoms with van der Waals surface area (Å²) >= 11 is 0. The van der Waals surface area contributed by atoms with Crippen LogP contribution in [-0.4, -0.2) is 52.5 Å². The normalized spacial score (nSPS) is 22.1. The number of rotatable bonds is 5. The fourth-order valence-corrected chi connectivity index (χ4v) is 4.56. The third kappa shape index (κ3) is 5.28. The van der Waals surface area contributed by atoms with Crippen molar-refractivity contribution in [3.8, 4) is 11.5 Å². The van der Waals surface area contributed by atoms with Crippen LogP contribution in [-0.2, 0) is 4.79 Å². The largest absolute Gasteiger partial charge is 0.456 e. The number of hydrogen-bond acceptors (Lipinski definition) is 7. The van der Waals surface area contributed by atoms with Crippen molar-refractivity contribution in [1.29, 1.82) is 0 Å².